The van der Waals surface area contributed by atoms with Crippen molar-refractivity contribution in [1.82, 2.24) is 10.1 Å². The van der Waals surface area contributed by atoms with Crippen LogP contribution in [0.25, 0.3) is 11.4 Å². The number of hydrogen-bond donors (Lipinski definition) is 0. The van der Waals surface area contributed by atoms with E-state index in [0.29, 0.717) is 11.7 Å². The van der Waals surface area contributed by atoms with Crippen LogP contribution in [0.2, 0.25) is 0 Å². The predicted octanol–water partition coefficient (Wildman–Crippen LogP) is 4.49. The molecule has 0 aliphatic heterocycles. The van der Waals surface area contributed by atoms with Gasteiger partial charge >= 0.3 is 0 Å². The molecule has 1 aromatic heterocycles. The smallest absolute Gasteiger partial charge is 0.267 e. The number of aryl methyl sites for hydroxylation is 2. The zero-order valence-corrected chi connectivity index (χ0v) is 12.9. The van der Waals surface area contributed by atoms with Gasteiger partial charge in [0.25, 0.3) is 5.89 Å². The van der Waals surface area contributed by atoms with Gasteiger partial charge in [0.2, 0.25) is 5.82 Å². The highest BCUT2D eigenvalue weighted by molar-refractivity contribution is 5.53. The third-order valence-electron chi connectivity index (χ3n) is 3.61. The molecular weight excluding hydrogens is 276 g/mol. The molecule has 0 aliphatic rings. The molecular formula is C18H18N2O2. The van der Waals surface area contributed by atoms with Crippen molar-refractivity contribution in [1.29, 1.82) is 0 Å². The summed E-state index contributed by atoms with van der Waals surface area (Å²) >= 11 is 0. The minimum atomic E-state index is -0.299. The molecule has 0 saturated carbocycles. The number of aromatic nitrogens is 2. The van der Waals surface area contributed by atoms with Crippen LogP contribution in [0.3, 0.4) is 0 Å². The molecule has 4 nitrogen and oxygen atoms in total. The van der Waals surface area contributed by atoms with Gasteiger partial charge < -0.3 is 9.26 Å². The van der Waals surface area contributed by atoms with Gasteiger partial charge in [0.1, 0.15) is 5.75 Å². The lowest BCUT2D eigenvalue weighted by atomic mass is 10.1. The van der Waals surface area contributed by atoms with Crippen molar-refractivity contribution in [3.63, 3.8) is 0 Å². The molecule has 0 saturated heterocycles. The van der Waals surface area contributed by atoms with Gasteiger partial charge in [-0.25, -0.2) is 0 Å². The van der Waals surface area contributed by atoms with Crippen LogP contribution in [0.1, 0.15) is 30.0 Å². The predicted molar refractivity (Wildman–Crippen MR) is 84.7 cm³/mol. The Morgan fingerprint density at radius 3 is 2.50 bits per heavy atom. The van der Waals surface area contributed by atoms with Crippen LogP contribution in [0, 0.1) is 13.8 Å². The molecule has 112 valence electrons. The first-order valence-electron chi connectivity index (χ1n) is 7.26. The summed E-state index contributed by atoms with van der Waals surface area (Å²) in [5.41, 5.74) is 3.36. The Labute approximate surface area is 129 Å². The molecule has 0 radical (unpaired) electrons. The molecule has 0 unspecified atom stereocenters. The van der Waals surface area contributed by atoms with E-state index in [2.05, 4.69) is 24.0 Å². The van der Waals surface area contributed by atoms with Crippen molar-refractivity contribution < 1.29 is 9.26 Å². The fourth-order valence-corrected chi connectivity index (χ4v) is 2.15. The molecule has 1 atom stereocenters. The summed E-state index contributed by atoms with van der Waals surface area (Å²) in [4.78, 5) is 4.41. The Bertz CT molecular complexity index is 766. The van der Waals surface area contributed by atoms with Gasteiger partial charge in [-0.1, -0.05) is 41.6 Å². The van der Waals surface area contributed by atoms with Crippen LogP contribution in [0.5, 0.6) is 5.75 Å². The highest BCUT2D eigenvalue weighted by Gasteiger charge is 2.17. The molecule has 0 bridgehead atoms. The van der Waals surface area contributed by atoms with Crippen molar-refractivity contribution in [3.8, 4) is 17.1 Å². The topological polar surface area (TPSA) is 48.2 Å². The normalized spacial score (nSPS) is 12.1. The van der Waals surface area contributed by atoms with Gasteiger partial charge in [-0.2, -0.15) is 4.98 Å². The molecule has 3 rings (SSSR count). The van der Waals surface area contributed by atoms with Crippen molar-refractivity contribution >= 4 is 0 Å². The van der Waals surface area contributed by atoms with Gasteiger partial charge in [0.15, 0.2) is 6.10 Å². The third kappa shape index (κ3) is 3.01. The largest absolute Gasteiger partial charge is 0.481 e. The van der Waals surface area contributed by atoms with Crippen molar-refractivity contribution in [2.24, 2.45) is 0 Å². The van der Waals surface area contributed by atoms with Gasteiger partial charge in [-0.3, -0.25) is 0 Å². The highest BCUT2D eigenvalue weighted by Crippen LogP contribution is 2.24. The van der Waals surface area contributed by atoms with Crippen molar-refractivity contribution in [3.05, 3.63) is 65.5 Å². The molecule has 2 aromatic carbocycles. The Kier molecular flexibility index (Phi) is 3.92. The molecule has 3 aromatic rings. The Morgan fingerprint density at radius 1 is 1.00 bits per heavy atom. The fraction of sp³-hybridized carbons (Fsp3) is 0.222. The molecule has 1 heterocycles. The van der Waals surface area contributed by atoms with E-state index in [1.54, 1.807) is 0 Å². The van der Waals surface area contributed by atoms with Crippen LogP contribution in [-0.4, -0.2) is 10.1 Å². The van der Waals surface area contributed by atoms with E-state index in [9.17, 15) is 0 Å². The maximum atomic E-state index is 5.89. The minimum absolute atomic E-state index is 0.299. The second-order valence-corrected chi connectivity index (χ2v) is 5.33. The average molecular weight is 294 g/mol. The number of rotatable bonds is 4. The zero-order chi connectivity index (χ0) is 15.5. The van der Waals surface area contributed by atoms with Gasteiger partial charge in [0, 0.05) is 5.56 Å². The first kappa shape index (κ1) is 14.3. The van der Waals surface area contributed by atoms with E-state index in [-0.39, 0.29) is 6.10 Å². The summed E-state index contributed by atoms with van der Waals surface area (Å²) in [5, 5.41) is 4.01. The number of nitrogens with zero attached hydrogens (tertiary/aromatic N) is 2. The summed E-state index contributed by atoms with van der Waals surface area (Å²) in [5.74, 6) is 1.85. The van der Waals surface area contributed by atoms with Crippen LogP contribution in [0.4, 0.5) is 0 Å². The van der Waals surface area contributed by atoms with Gasteiger partial charge in [-0.15, -0.1) is 0 Å². The lowest BCUT2D eigenvalue weighted by Crippen LogP contribution is -2.03. The third-order valence-corrected chi connectivity index (χ3v) is 3.61. The van der Waals surface area contributed by atoms with Crippen LogP contribution in [0.15, 0.2) is 53.1 Å². The minimum Gasteiger partial charge on any atom is -0.481 e. The summed E-state index contributed by atoms with van der Waals surface area (Å²) in [7, 11) is 0. The monoisotopic (exact) mass is 294 g/mol. The maximum Gasteiger partial charge on any atom is 0.267 e. The summed E-state index contributed by atoms with van der Waals surface area (Å²) in [6.07, 6.45) is -0.299. The van der Waals surface area contributed by atoms with E-state index < -0.39 is 0 Å². The lowest BCUT2D eigenvalue weighted by molar-refractivity contribution is 0.175. The van der Waals surface area contributed by atoms with Crippen LogP contribution in [-0.2, 0) is 0 Å². The first-order valence-corrected chi connectivity index (χ1v) is 7.26. The number of ether oxygens (including phenoxy) is 1. The molecule has 0 spiro atoms. The van der Waals surface area contributed by atoms with E-state index in [1.165, 1.54) is 11.1 Å². The standard InChI is InChI=1S/C18H18N2O2/c1-12-9-10-16(11-13(12)2)21-14(3)18-19-17(20-22-18)15-7-5-4-6-8-15/h4-11,14H,1-3H3/t14-/m1/s1. The number of benzene rings is 2. The summed E-state index contributed by atoms with van der Waals surface area (Å²) < 4.78 is 11.2. The van der Waals surface area contributed by atoms with Gasteiger partial charge in [-0.05, 0) is 44.0 Å². The van der Waals surface area contributed by atoms with Crippen molar-refractivity contribution in [2.45, 2.75) is 26.9 Å². The molecule has 0 aliphatic carbocycles. The molecule has 4 heteroatoms. The van der Waals surface area contributed by atoms with Crippen LogP contribution < -0.4 is 4.74 Å². The van der Waals surface area contributed by atoms with Gasteiger partial charge in [0.05, 0.1) is 0 Å². The van der Waals surface area contributed by atoms with Crippen molar-refractivity contribution in [2.75, 3.05) is 0 Å². The van der Waals surface area contributed by atoms with E-state index in [0.717, 1.165) is 11.3 Å². The van der Waals surface area contributed by atoms with Crippen LogP contribution >= 0.6 is 0 Å². The average Bonchev–Trinajstić information content (AvgIpc) is 3.02. The zero-order valence-electron chi connectivity index (χ0n) is 12.9. The number of hydrogen-bond acceptors (Lipinski definition) is 4. The van der Waals surface area contributed by atoms with E-state index >= 15 is 0 Å². The Hall–Kier alpha value is -2.62. The molecule has 0 N–H and O–H groups in total. The highest BCUT2D eigenvalue weighted by atomic mass is 16.5. The molecule has 0 fully saturated rings. The second-order valence-electron chi connectivity index (χ2n) is 5.33. The Balaban J connectivity index is 1.77. The second kappa shape index (κ2) is 6.02. The summed E-state index contributed by atoms with van der Waals surface area (Å²) in [6, 6.07) is 15.7. The quantitative estimate of drug-likeness (QED) is 0.711. The Morgan fingerprint density at radius 2 is 1.77 bits per heavy atom. The molecule has 0 amide bonds. The van der Waals surface area contributed by atoms with E-state index in [1.807, 2.05) is 55.5 Å². The van der Waals surface area contributed by atoms with E-state index in [4.69, 9.17) is 9.26 Å². The first-order chi connectivity index (χ1) is 10.6. The lowest BCUT2D eigenvalue weighted by Gasteiger charge is -2.12. The SMILES string of the molecule is Cc1ccc(O[C@H](C)c2nc(-c3ccccc3)no2)cc1C. The maximum absolute atomic E-state index is 5.89. The fourth-order valence-electron chi connectivity index (χ4n) is 2.15. The summed E-state index contributed by atoms with van der Waals surface area (Å²) in [6.45, 7) is 6.04. The molecule has 22 heavy (non-hydrogen) atoms.